The van der Waals surface area contributed by atoms with Gasteiger partial charge >= 0.3 is 0 Å². The van der Waals surface area contributed by atoms with Crippen molar-refractivity contribution in [3.8, 4) is 17.2 Å². The molecule has 0 radical (unpaired) electrons. The number of hydrogen-bond acceptors (Lipinski definition) is 5. The van der Waals surface area contributed by atoms with E-state index >= 15 is 0 Å². The molecule has 0 saturated heterocycles. The van der Waals surface area contributed by atoms with Crippen LogP contribution in [-0.4, -0.2) is 29.7 Å². The van der Waals surface area contributed by atoms with Gasteiger partial charge in [0, 0.05) is 12.1 Å². The summed E-state index contributed by atoms with van der Waals surface area (Å²) in [6, 6.07) is 13.9. The van der Waals surface area contributed by atoms with E-state index in [1.54, 1.807) is 36.4 Å². The highest BCUT2D eigenvalue weighted by Crippen LogP contribution is 2.46. The quantitative estimate of drug-likeness (QED) is 0.422. The van der Waals surface area contributed by atoms with Crippen LogP contribution in [0.3, 0.4) is 0 Å². The number of halogens is 2. The molecule has 0 amide bonds. The lowest BCUT2D eigenvalue weighted by molar-refractivity contribution is 0.369. The molecule has 0 bridgehead atoms. The van der Waals surface area contributed by atoms with Crippen LogP contribution in [0.1, 0.15) is 21.9 Å². The van der Waals surface area contributed by atoms with E-state index < -0.39 is 20.9 Å². The fraction of sp³-hybridized carbons (Fsp3) is 0.217. The van der Waals surface area contributed by atoms with Crippen molar-refractivity contribution in [1.29, 1.82) is 0 Å². The molecule has 0 N–H and O–H groups in total. The van der Waals surface area contributed by atoms with Crippen LogP contribution < -0.4 is 14.2 Å². The van der Waals surface area contributed by atoms with Crippen molar-refractivity contribution in [2.45, 2.75) is 17.1 Å². The summed E-state index contributed by atoms with van der Waals surface area (Å²) in [6.45, 7) is 1.88. The van der Waals surface area contributed by atoms with Gasteiger partial charge in [0.2, 0.25) is 0 Å². The van der Waals surface area contributed by atoms with Crippen LogP contribution in [0.15, 0.2) is 64.0 Å². The highest BCUT2D eigenvalue weighted by atomic mass is 79.9. The summed E-state index contributed by atoms with van der Waals surface area (Å²) in [4.78, 5) is 0.128. The molecule has 0 aromatic heterocycles. The van der Waals surface area contributed by atoms with E-state index in [0.717, 1.165) is 5.56 Å². The molecule has 0 aliphatic carbocycles. The molecule has 0 heterocycles. The molecule has 0 aliphatic rings. The first-order valence-corrected chi connectivity index (χ1v) is 11.6. The number of ether oxygens (including phenoxy) is 3. The Labute approximate surface area is 189 Å². The van der Waals surface area contributed by atoms with Gasteiger partial charge in [-0.3, -0.25) is 0 Å². The van der Waals surface area contributed by atoms with Gasteiger partial charge in [-0.15, -0.1) is 0 Å². The zero-order valence-electron chi connectivity index (χ0n) is 17.5. The van der Waals surface area contributed by atoms with Crippen molar-refractivity contribution in [2.75, 3.05) is 21.3 Å². The summed E-state index contributed by atoms with van der Waals surface area (Å²) in [5.41, 5.74) is 1.58. The second kappa shape index (κ2) is 9.28. The Bertz CT molecular complexity index is 1170. The average molecular weight is 509 g/mol. The van der Waals surface area contributed by atoms with E-state index in [2.05, 4.69) is 15.9 Å². The van der Waals surface area contributed by atoms with Gasteiger partial charge < -0.3 is 14.2 Å². The lowest BCUT2D eigenvalue weighted by atomic mass is 10.0. The van der Waals surface area contributed by atoms with Crippen molar-refractivity contribution in [3.05, 3.63) is 81.6 Å². The Kier molecular flexibility index (Phi) is 6.91. The van der Waals surface area contributed by atoms with E-state index in [-0.39, 0.29) is 20.9 Å². The minimum atomic E-state index is -3.98. The van der Waals surface area contributed by atoms with Gasteiger partial charge in [0.25, 0.3) is 0 Å². The van der Waals surface area contributed by atoms with Gasteiger partial charge in [0.15, 0.2) is 9.84 Å². The smallest absolute Gasteiger partial charge is 0.189 e. The molecule has 8 heteroatoms. The molecule has 1 atom stereocenters. The van der Waals surface area contributed by atoms with Gasteiger partial charge in [-0.2, -0.15) is 0 Å². The molecule has 0 saturated carbocycles. The van der Waals surface area contributed by atoms with E-state index in [1.165, 1.54) is 39.5 Å². The van der Waals surface area contributed by atoms with E-state index in [1.807, 2.05) is 6.92 Å². The number of rotatable bonds is 7. The maximum atomic E-state index is 14.0. The molecule has 0 fully saturated rings. The topological polar surface area (TPSA) is 61.8 Å². The van der Waals surface area contributed by atoms with Crippen LogP contribution >= 0.6 is 15.9 Å². The summed E-state index contributed by atoms with van der Waals surface area (Å²) in [5, 5.41) is -1.22. The Balaban J connectivity index is 2.37. The molecule has 31 heavy (non-hydrogen) atoms. The van der Waals surface area contributed by atoms with Gasteiger partial charge in [-0.1, -0.05) is 23.8 Å². The molecule has 0 unspecified atom stereocenters. The minimum Gasteiger partial charge on any atom is -0.496 e. The van der Waals surface area contributed by atoms with Gasteiger partial charge in [-0.25, -0.2) is 12.8 Å². The van der Waals surface area contributed by atoms with Crippen molar-refractivity contribution in [3.63, 3.8) is 0 Å². The third-order valence-electron chi connectivity index (χ3n) is 4.92. The third kappa shape index (κ3) is 4.55. The highest BCUT2D eigenvalue weighted by Gasteiger charge is 2.36. The summed E-state index contributed by atoms with van der Waals surface area (Å²) in [7, 11) is 0.386. The first-order valence-electron chi connectivity index (χ1n) is 9.28. The fourth-order valence-electron chi connectivity index (χ4n) is 3.33. The van der Waals surface area contributed by atoms with Gasteiger partial charge in [0.1, 0.15) is 28.3 Å². The summed E-state index contributed by atoms with van der Waals surface area (Å²) < 4.78 is 58.2. The Morgan fingerprint density at radius 3 is 1.94 bits per heavy atom. The molecule has 0 spiro atoms. The van der Waals surface area contributed by atoms with Crippen LogP contribution in [0, 0.1) is 12.7 Å². The Morgan fingerprint density at radius 2 is 1.45 bits per heavy atom. The van der Waals surface area contributed by atoms with Crippen molar-refractivity contribution in [1.82, 2.24) is 0 Å². The summed E-state index contributed by atoms with van der Waals surface area (Å²) >= 11 is 3.16. The van der Waals surface area contributed by atoms with E-state index in [9.17, 15) is 12.8 Å². The van der Waals surface area contributed by atoms with Crippen molar-refractivity contribution in [2.24, 2.45) is 0 Å². The fourth-order valence-corrected chi connectivity index (χ4v) is 5.56. The first kappa shape index (κ1) is 23.1. The Hall–Kier alpha value is -2.58. The lowest BCUT2D eigenvalue weighted by Gasteiger charge is -2.24. The predicted octanol–water partition coefficient (Wildman–Crippen LogP) is 5.49. The molecular formula is C23H22BrFO5S. The maximum absolute atomic E-state index is 14.0. The molecule has 0 aliphatic heterocycles. The van der Waals surface area contributed by atoms with Crippen LogP contribution in [0.4, 0.5) is 4.39 Å². The minimum absolute atomic E-state index is 0.128. The SMILES string of the molecule is COc1cc(OC)c([C@@H](c2ccc(F)c(Br)c2)S(=O)(=O)c2ccc(C)cc2)c(OC)c1. The zero-order chi connectivity index (χ0) is 22.8. The van der Waals surface area contributed by atoms with Gasteiger partial charge in [-0.05, 0) is 52.7 Å². The number of aryl methyl sites for hydroxylation is 1. The molecule has 5 nitrogen and oxygen atoms in total. The maximum Gasteiger partial charge on any atom is 0.189 e. The second-order valence-electron chi connectivity index (χ2n) is 6.86. The number of benzene rings is 3. The largest absolute Gasteiger partial charge is 0.496 e. The van der Waals surface area contributed by atoms with Crippen molar-refractivity contribution >= 4 is 25.8 Å². The summed E-state index contributed by atoms with van der Waals surface area (Å²) in [5.74, 6) is 0.503. The standard InChI is InChI=1S/C23H22BrFO5S/c1-14-5-8-17(9-6-14)31(26,27)23(15-7-10-19(25)18(24)11-15)22-20(29-3)12-16(28-2)13-21(22)30-4/h5-13,23H,1-4H3/t23-/m1/s1. The second-order valence-corrected chi connectivity index (χ2v) is 9.74. The molecule has 164 valence electrons. The average Bonchev–Trinajstić information content (AvgIpc) is 2.76. The van der Waals surface area contributed by atoms with Crippen LogP contribution in [0.5, 0.6) is 17.2 Å². The van der Waals surface area contributed by atoms with Crippen molar-refractivity contribution < 1.29 is 27.0 Å². The summed E-state index contributed by atoms with van der Waals surface area (Å²) in [6.07, 6.45) is 0. The lowest BCUT2D eigenvalue weighted by Crippen LogP contribution is -2.17. The molecular weight excluding hydrogens is 487 g/mol. The van der Waals surface area contributed by atoms with E-state index in [0.29, 0.717) is 16.9 Å². The Morgan fingerprint density at radius 1 is 0.871 bits per heavy atom. The third-order valence-corrected chi connectivity index (χ3v) is 7.59. The molecule has 3 aromatic carbocycles. The number of methoxy groups -OCH3 is 3. The zero-order valence-corrected chi connectivity index (χ0v) is 19.9. The monoisotopic (exact) mass is 508 g/mol. The van der Waals surface area contributed by atoms with Crippen LogP contribution in [-0.2, 0) is 9.84 Å². The van der Waals surface area contributed by atoms with Gasteiger partial charge in [0.05, 0.1) is 36.3 Å². The first-order chi connectivity index (χ1) is 14.7. The number of hydrogen-bond donors (Lipinski definition) is 0. The molecule has 3 aromatic rings. The van der Waals surface area contributed by atoms with Crippen LogP contribution in [0.2, 0.25) is 0 Å². The normalized spacial score (nSPS) is 12.3. The predicted molar refractivity (Wildman–Crippen MR) is 120 cm³/mol. The molecule has 3 rings (SSSR count). The van der Waals surface area contributed by atoms with E-state index in [4.69, 9.17) is 14.2 Å². The number of sulfone groups is 1. The van der Waals surface area contributed by atoms with Crippen LogP contribution in [0.25, 0.3) is 0 Å². The highest BCUT2D eigenvalue weighted by molar-refractivity contribution is 9.10.